The number of aryl methyl sites for hydroxylation is 1. The van der Waals surface area contributed by atoms with Gasteiger partial charge in [0, 0.05) is 22.5 Å². The molecular weight excluding hydrogens is 404 g/mol. The third-order valence-electron chi connectivity index (χ3n) is 4.85. The molecule has 0 unspecified atom stereocenters. The van der Waals surface area contributed by atoms with Gasteiger partial charge in [-0.15, -0.1) is 11.8 Å². The predicted octanol–water partition coefficient (Wildman–Crippen LogP) is 5.07. The normalized spacial score (nSPS) is 12.9. The van der Waals surface area contributed by atoms with E-state index < -0.39 is 6.04 Å². The zero-order valence-corrected chi connectivity index (χ0v) is 19.0. The minimum absolute atomic E-state index is 0.0594. The van der Waals surface area contributed by atoms with Crippen LogP contribution in [0.3, 0.4) is 0 Å². The maximum atomic E-state index is 13.1. The molecule has 0 aliphatic rings. The molecule has 0 spiro atoms. The van der Waals surface area contributed by atoms with Gasteiger partial charge in [-0.2, -0.15) is 0 Å². The monoisotopic (exact) mass is 432 g/mol. The van der Waals surface area contributed by atoms with Crippen LogP contribution in [0.5, 0.6) is 0 Å². The molecule has 0 saturated carbocycles. The molecule has 1 N–H and O–H groups in total. The molecule has 2 aromatic rings. The van der Waals surface area contributed by atoms with Crippen LogP contribution in [-0.2, 0) is 16.1 Å². The van der Waals surface area contributed by atoms with Crippen molar-refractivity contribution in [1.82, 2.24) is 10.2 Å². The number of amides is 2. The lowest BCUT2D eigenvalue weighted by Crippen LogP contribution is -2.50. The van der Waals surface area contributed by atoms with Crippen LogP contribution >= 0.6 is 23.4 Å². The Balaban J connectivity index is 2.15. The van der Waals surface area contributed by atoms with E-state index in [2.05, 4.69) is 5.32 Å². The Bertz CT molecular complexity index is 826. The molecule has 0 aliphatic heterocycles. The van der Waals surface area contributed by atoms with Crippen LogP contribution in [0, 0.1) is 6.92 Å². The number of halogens is 1. The second-order valence-corrected chi connectivity index (χ2v) is 8.66. The number of hydrogen-bond acceptors (Lipinski definition) is 3. The van der Waals surface area contributed by atoms with Gasteiger partial charge in [0.1, 0.15) is 6.04 Å². The highest BCUT2D eigenvalue weighted by Crippen LogP contribution is 2.22. The Morgan fingerprint density at radius 2 is 1.76 bits per heavy atom. The number of nitrogens with zero attached hydrogens (tertiary/aromatic N) is 1. The maximum Gasteiger partial charge on any atom is 0.242 e. The Hall–Kier alpha value is -1.98. The van der Waals surface area contributed by atoms with E-state index in [4.69, 9.17) is 11.6 Å². The van der Waals surface area contributed by atoms with Crippen molar-refractivity contribution in [2.45, 2.75) is 57.6 Å². The summed E-state index contributed by atoms with van der Waals surface area (Å²) in [6.45, 7) is 8.06. The minimum Gasteiger partial charge on any atom is -0.352 e. The van der Waals surface area contributed by atoms with Gasteiger partial charge in [-0.3, -0.25) is 9.59 Å². The SMILES string of the molecule is CC[C@@H](C)NC(=O)[C@@H](C)N(Cc1ccccc1Cl)C(=O)CSc1ccc(C)cc1. The van der Waals surface area contributed by atoms with Crippen molar-refractivity contribution in [2.75, 3.05) is 5.75 Å². The summed E-state index contributed by atoms with van der Waals surface area (Å²) in [5.41, 5.74) is 2.00. The van der Waals surface area contributed by atoms with Gasteiger partial charge in [0.25, 0.3) is 0 Å². The summed E-state index contributed by atoms with van der Waals surface area (Å²) in [7, 11) is 0. The topological polar surface area (TPSA) is 49.4 Å². The molecular formula is C23H29ClN2O2S. The fraction of sp³-hybridized carbons (Fsp3) is 0.391. The first-order valence-electron chi connectivity index (χ1n) is 9.84. The number of carbonyl (C=O) groups is 2. The molecule has 2 aromatic carbocycles. The molecule has 0 saturated heterocycles. The molecule has 0 heterocycles. The molecule has 2 amide bonds. The quantitative estimate of drug-likeness (QED) is 0.562. The maximum absolute atomic E-state index is 13.1. The zero-order valence-electron chi connectivity index (χ0n) is 17.4. The van der Waals surface area contributed by atoms with E-state index in [9.17, 15) is 9.59 Å². The first-order chi connectivity index (χ1) is 13.8. The van der Waals surface area contributed by atoms with E-state index in [1.54, 1.807) is 17.9 Å². The van der Waals surface area contributed by atoms with Crippen molar-refractivity contribution in [3.63, 3.8) is 0 Å². The van der Waals surface area contributed by atoms with Crippen LogP contribution in [0.15, 0.2) is 53.4 Å². The van der Waals surface area contributed by atoms with Gasteiger partial charge >= 0.3 is 0 Å². The first-order valence-corrected chi connectivity index (χ1v) is 11.2. The summed E-state index contributed by atoms with van der Waals surface area (Å²) in [4.78, 5) is 28.4. The Labute approximate surface area is 183 Å². The summed E-state index contributed by atoms with van der Waals surface area (Å²) >= 11 is 7.78. The summed E-state index contributed by atoms with van der Waals surface area (Å²) in [5.74, 6) is 0.0106. The van der Waals surface area contributed by atoms with Crippen molar-refractivity contribution in [2.24, 2.45) is 0 Å². The third-order valence-corrected chi connectivity index (χ3v) is 6.22. The summed E-state index contributed by atoms with van der Waals surface area (Å²) < 4.78 is 0. The van der Waals surface area contributed by atoms with Crippen LogP contribution in [0.1, 0.15) is 38.3 Å². The molecule has 0 fully saturated rings. The molecule has 4 nitrogen and oxygen atoms in total. The van der Waals surface area contributed by atoms with E-state index in [1.807, 2.05) is 63.2 Å². The Morgan fingerprint density at radius 3 is 2.38 bits per heavy atom. The van der Waals surface area contributed by atoms with Gasteiger partial charge in [0.2, 0.25) is 11.8 Å². The van der Waals surface area contributed by atoms with Crippen LogP contribution in [0.2, 0.25) is 5.02 Å². The Morgan fingerprint density at radius 1 is 1.10 bits per heavy atom. The second kappa shape index (κ2) is 11.3. The van der Waals surface area contributed by atoms with Crippen molar-refractivity contribution < 1.29 is 9.59 Å². The average molecular weight is 433 g/mol. The fourth-order valence-corrected chi connectivity index (χ4v) is 3.70. The molecule has 156 valence electrons. The summed E-state index contributed by atoms with van der Waals surface area (Å²) in [5, 5.41) is 3.56. The van der Waals surface area contributed by atoms with Crippen LogP contribution in [0.25, 0.3) is 0 Å². The van der Waals surface area contributed by atoms with E-state index in [1.165, 1.54) is 17.3 Å². The lowest BCUT2D eigenvalue weighted by molar-refractivity contribution is -0.138. The molecule has 2 atom stereocenters. The minimum atomic E-state index is -0.591. The van der Waals surface area contributed by atoms with Gasteiger partial charge in [-0.25, -0.2) is 0 Å². The van der Waals surface area contributed by atoms with E-state index in [0.717, 1.165) is 16.9 Å². The largest absolute Gasteiger partial charge is 0.352 e. The molecule has 0 radical (unpaired) electrons. The number of benzene rings is 2. The smallest absolute Gasteiger partial charge is 0.242 e. The molecule has 0 bridgehead atoms. The fourth-order valence-electron chi connectivity index (χ4n) is 2.72. The predicted molar refractivity (Wildman–Crippen MR) is 121 cm³/mol. The van der Waals surface area contributed by atoms with Gasteiger partial charge in [0.05, 0.1) is 5.75 Å². The lowest BCUT2D eigenvalue weighted by atomic mass is 10.1. The van der Waals surface area contributed by atoms with Crippen LogP contribution in [-0.4, -0.2) is 34.6 Å². The van der Waals surface area contributed by atoms with Crippen molar-refractivity contribution >= 4 is 35.2 Å². The molecule has 6 heteroatoms. The molecule has 2 rings (SSSR count). The Kier molecular flexibility index (Phi) is 9.05. The van der Waals surface area contributed by atoms with Gasteiger partial charge < -0.3 is 10.2 Å². The van der Waals surface area contributed by atoms with E-state index in [-0.39, 0.29) is 23.6 Å². The van der Waals surface area contributed by atoms with Gasteiger partial charge in [-0.1, -0.05) is 54.4 Å². The number of thioether (sulfide) groups is 1. The summed E-state index contributed by atoms with van der Waals surface area (Å²) in [6, 6.07) is 14.9. The number of hydrogen-bond donors (Lipinski definition) is 1. The number of carbonyl (C=O) groups excluding carboxylic acids is 2. The zero-order chi connectivity index (χ0) is 21.4. The van der Waals surface area contributed by atoms with Crippen LogP contribution in [0.4, 0.5) is 0 Å². The van der Waals surface area contributed by atoms with E-state index >= 15 is 0 Å². The highest BCUT2D eigenvalue weighted by Gasteiger charge is 2.27. The highest BCUT2D eigenvalue weighted by molar-refractivity contribution is 8.00. The van der Waals surface area contributed by atoms with Crippen molar-refractivity contribution in [1.29, 1.82) is 0 Å². The van der Waals surface area contributed by atoms with Crippen molar-refractivity contribution in [3.05, 3.63) is 64.7 Å². The van der Waals surface area contributed by atoms with Crippen LogP contribution < -0.4 is 5.32 Å². The number of nitrogens with one attached hydrogen (secondary N) is 1. The number of rotatable bonds is 9. The summed E-state index contributed by atoms with van der Waals surface area (Å²) in [6.07, 6.45) is 0.834. The highest BCUT2D eigenvalue weighted by atomic mass is 35.5. The van der Waals surface area contributed by atoms with Gasteiger partial charge in [0.15, 0.2) is 0 Å². The first kappa shape index (κ1) is 23.3. The second-order valence-electron chi connectivity index (χ2n) is 7.21. The van der Waals surface area contributed by atoms with E-state index in [0.29, 0.717) is 11.6 Å². The van der Waals surface area contributed by atoms with Crippen molar-refractivity contribution in [3.8, 4) is 0 Å². The standard InChI is InChI=1S/C23H29ClN2O2S/c1-5-17(3)25-23(28)18(4)26(14-19-8-6-7-9-21(19)24)22(27)15-29-20-12-10-16(2)11-13-20/h6-13,17-18H,5,14-15H2,1-4H3,(H,25,28)/t17-,18-/m1/s1. The molecule has 29 heavy (non-hydrogen) atoms. The average Bonchev–Trinajstić information content (AvgIpc) is 2.71. The third kappa shape index (κ3) is 7.09. The van der Waals surface area contributed by atoms with Gasteiger partial charge in [-0.05, 0) is 51.0 Å². The molecule has 0 aliphatic carbocycles. The lowest BCUT2D eigenvalue weighted by Gasteiger charge is -2.30. The molecule has 0 aromatic heterocycles.